The Morgan fingerprint density at radius 3 is 2.79 bits per heavy atom. The van der Waals surface area contributed by atoms with Gasteiger partial charge in [-0.1, -0.05) is 12.1 Å². The summed E-state index contributed by atoms with van der Waals surface area (Å²) in [7, 11) is 0. The Morgan fingerprint density at radius 1 is 1.18 bits per heavy atom. The van der Waals surface area contributed by atoms with Crippen LogP contribution < -0.4 is 10.7 Å². The summed E-state index contributed by atoms with van der Waals surface area (Å²) >= 11 is 3.45. The monoisotopic (exact) mass is 473 g/mol. The number of hydrogen-bond acceptors (Lipinski definition) is 5. The van der Waals surface area contributed by atoms with Gasteiger partial charge in [-0.15, -0.1) is 11.8 Å². The quantitative estimate of drug-likeness (QED) is 0.445. The maximum atomic E-state index is 13.3. The molecule has 4 heterocycles. The van der Waals surface area contributed by atoms with Crippen LogP contribution in [0.1, 0.15) is 38.1 Å². The lowest BCUT2D eigenvalue weighted by molar-refractivity contribution is 0.0951. The summed E-state index contributed by atoms with van der Waals surface area (Å²) in [6, 6.07) is 15.8. The zero-order valence-corrected chi connectivity index (χ0v) is 19.8. The summed E-state index contributed by atoms with van der Waals surface area (Å²) in [5, 5.41) is 7.32. The molecule has 1 aliphatic heterocycles. The summed E-state index contributed by atoms with van der Waals surface area (Å²) in [5.74, 6) is -0.314. The number of fused-ring (bicyclic) bond motifs is 3. The number of nitrogens with zero attached hydrogens (tertiary/aromatic N) is 2. The fourth-order valence-corrected chi connectivity index (χ4v) is 6.35. The molecule has 0 aliphatic carbocycles. The van der Waals surface area contributed by atoms with Crippen molar-refractivity contribution in [3.05, 3.63) is 110 Å². The average Bonchev–Trinajstić information content (AvgIpc) is 3.29. The first kappa shape index (κ1) is 21.7. The van der Waals surface area contributed by atoms with Gasteiger partial charge in [0.15, 0.2) is 5.43 Å². The second-order valence-corrected chi connectivity index (χ2v) is 10.0. The number of para-hydroxylation sites is 1. The van der Waals surface area contributed by atoms with Gasteiger partial charge >= 0.3 is 0 Å². The van der Waals surface area contributed by atoms with Crippen molar-refractivity contribution in [1.29, 1.82) is 0 Å². The van der Waals surface area contributed by atoms with Gasteiger partial charge in [0, 0.05) is 53.0 Å². The van der Waals surface area contributed by atoms with Crippen molar-refractivity contribution in [3.8, 4) is 5.69 Å². The van der Waals surface area contributed by atoms with Gasteiger partial charge in [-0.25, -0.2) is 0 Å². The van der Waals surface area contributed by atoms with Crippen molar-refractivity contribution in [2.24, 2.45) is 0 Å². The third kappa shape index (κ3) is 4.38. The molecule has 5 rings (SSSR count). The Kier molecular flexibility index (Phi) is 6.15. The molecule has 1 atom stereocenters. The molecule has 0 spiro atoms. The van der Waals surface area contributed by atoms with E-state index >= 15 is 0 Å². The molecule has 1 N–H and O–H groups in total. The van der Waals surface area contributed by atoms with Crippen molar-refractivity contribution >= 4 is 29.0 Å². The van der Waals surface area contributed by atoms with E-state index in [-0.39, 0.29) is 22.1 Å². The number of aryl methyl sites for hydroxylation is 1. The molecule has 0 saturated heterocycles. The number of nitrogens with one attached hydrogen (secondary N) is 1. The molecule has 0 radical (unpaired) electrons. The maximum Gasteiger partial charge on any atom is 0.257 e. The van der Waals surface area contributed by atoms with E-state index in [0.29, 0.717) is 19.4 Å². The van der Waals surface area contributed by atoms with E-state index in [9.17, 15) is 9.59 Å². The van der Waals surface area contributed by atoms with E-state index in [1.807, 2.05) is 31.2 Å². The largest absolute Gasteiger partial charge is 0.352 e. The van der Waals surface area contributed by atoms with Gasteiger partial charge in [-0.3, -0.25) is 14.6 Å². The second-order valence-electron chi connectivity index (χ2n) is 8.00. The SMILES string of the molecule is Cc1cc(=O)c(C(=O)NCCc2ccncc2)c2n1-c1ccccc1S[C@@H](c1ccsc1)C2. The Labute approximate surface area is 200 Å². The number of benzene rings is 1. The molecule has 1 amide bonds. The van der Waals surface area contributed by atoms with E-state index in [1.165, 1.54) is 5.56 Å². The van der Waals surface area contributed by atoms with Crippen LogP contribution in [-0.4, -0.2) is 22.0 Å². The fourth-order valence-electron chi connectivity index (χ4n) is 4.28. The Hall–Kier alpha value is -3.16. The van der Waals surface area contributed by atoms with Crippen LogP contribution in [0.15, 0.2) is 81.4 Å². The average molecular weight is 474 g/mol. The molecule has 0 saturated carbocycles. The summed E-state index contributed by atoms with van der Waals surface area (Å²) in [6.45, 7) is 2.39. The van der Waals surface area contributed by atoms with Gasteiger partial charge in [-0.2, -0.15) is 11.3 Å². The summed E-state index contributed by atoms with van der Waals surface area (Å²) in [6.07, 6.45) is 4.76. The summed E-state index contributed by atoms with van der Waals surface area (Å²) in [5.41, 5.74) is 4.94. The van der Waals surface area contributed by atoms with Gasteiger partial charge in [-0.05, 0) is 65.6 Å². The van der Waals surface area contributed by atoms with Crippen LogP contribution in [0, 0.1) is 6.92 Å². The zero-order valence-electron chi connectivity index (χ0n) is 18.2. The molecule has 5 nitrogen and oxygen atoms in total. The molecule has 4 aromatic rings. The van der Waals surface area contributed by atoms with Crippen LogP contribution in [0.2, 0.25) is 0 Å². The zero-order chi connectivity index (χ0) is 22.8. The molecular formula is C26H23N3O2S2. The predicted molar refractivity (Wildman–Crippen MR) is 134 cm³/mol. The van der Waals surface area contributed by atoms with Gasteiger partial charge in [0.2, 0.25) is 0 Å². The molecule has 3 aromatic heterocycles. The van der Waals surface area contributed by atoms with Crippen molar-refractivity contribution in [1.82, 2.24) is 14.9 Å². The van der Waals surface area contributed by atoms with Crippen LogP contribution in [0.3, 0.4) is 0 Å². The standard InChI is InChI=1S/C26H23N3O2S2/c1-17-14-22(30)25(26(31)28-12-8-18-6-10-27-11-7-18)21-15-24(19-9-13-32-16-19)33-23-5-3-2-4-20(23)29(17)21/h2-7,9-11,13-14,16,24H,8,12,15H2,1H3,(H,28,31)/t24-/m1/s1. The number of amides is 1. The smallest absolute Gasteiger partial charge is 0.257 e. The number of hydrogen-bond donors (Lipinski definition) is 1. The minimum absolute atomic E-state index is 0.121. The Morgan fingerprint density at radius 2 is 2.00 bits per heavy atom. The molecule has 0 unspecified atom stereocenters. The number of thioether (sulfide) groups is 1. The van der Waals surface area contributed by atoms with Crippen LogP contribution in [-0.2, 0) is 12.8 Å². The Bertz CT molecular complexity index is 1350. The lowest BCUT2D eigenvalue weighted by atomic mass is 10.0. The van der Waals surface area contributed by atoms with Gasteiger partial charge in [0.05, 0.1) is 5.69 Å². The van der Waals surface area contributed by atoms with Crippen LogP contribution in [0.25, 0.3) is 5.69 Å². The molecular weight excluding hydrogens is 450 g/mol. The minimum Gasteiger partial charge on any atom is -0.352 e. The fraction of sp³-hybridized carbons (Fsp3) is 0.192. The minimum atomic E-state index is -0.314. The van der Waals surface area contributed by atoms with Crippen LogP contribution in [0.5, 0.6) is 0 Å². The highest BCUT2D eigenvalue weighted by molar-refractivity contribution is 7.99. The predicted octanol–water partition coefficient (Wildman–Crippen LogP) is 4.96. The van der Waals surface area contributed by atoms with Crippen molar-refractivity contribution < 1.29 is 4.79 Å². The van der Waals surface area contributed by atoms with E-state index in [1.54, 1.807) is 41.6 Å². The number of carbonyl (C=O) groups is 1. The summed E-state index contributed by atoms with van der Waals surface area (Å²) < 4.78 is 2.09. The molecule has 0 bridgehead atoms. The van der Waals surface area contributed by atoms with Crippen LogP contribution in [0.4, 0.5) is 0 Å². The van der Waals surface area contributed by atoms with E-state index in [0.717, 1.165) is 27.5 Å². The van der Waals surface area contributed by atoms with E-state index in [4.69, 9.17) is 0 Å². The number of aromatic nitrogens is 2. The highest BCUT2D eigenvalue weighted by atomic mass is 32.2. The molecule has 166 valence electrons. The lowest BCUT2D eigenvalue weighted by Crippen LogP contribution is -2.33. The van der Waals surface area contributed by atoms with Crippen molar-refractivity contribution in [2.45, 2.75) is 29.9 Å². The highest BCUT2D eigenvalue weighted by Crippen LogP contribution is 2.44. The van der Waals surface area contributed by atoms with Crippen molar-refractivity contribution in [2.75, 3.05) is 6.54 Å². The third-order valence-corrected chi connectivity index (χ3v) is 7.87. The molecule has 1 aliphatic rings. The first-order valence-electron chi connectivity index (χ1n) is 10.8. The second kappa shape index (κ2) is 9.37. The van der Waals surface area contributed by atoms with Gasteiger partial charge in [0.1, 0.15) is 5.56 Å². The number of thiophene rings is 1. The number of carbonyl (C=O) groups excluding carboxylic acids is 1. The third-order valence-electron chi connectivity index (χ3n) is 5.84. The molecule has 1 aromatic carbocycles. The normalized spacial score (nSPS) is 14.8. The van der Waals surface area contributed by atoms with Crippen LogP contribution >= 0.6 is 23.1 Å². The van der Waals surface area contributed by atoms with E-state index < -0.39 is 0 Å². The molecule has 33 heavy (non-hydrogen) atoms. The van der Waals surface area contributed by atoms with Crippen molar-refractivity contribution in [3.63, 3.8) is 0 Å². The van der Waals surface area contributed by atoms with Gasteiger partial charge in [0.25, 0.3) is 5.91 Å². The maximum absolute atomic E-state index is 13.3. The number of pyridine rings is 2. The summed E-state index contributed by atoms with van der Waals surface area (Å²) in [4.78, 5) is 31.6. The molecule has 7 heteroatoms. The van der Waals surface area contributed by atoms with Gasteiger partial charge < -0.3 is 9.88 Å². The first-order valence-corrected chi connectivity index (χ1v) is 12.6. The molecule has 0 fully saturated rings. The lowest BCUT2D eigenvalue weighted by Gasteiger charge is -2.20. The topological polar surface area (TPSA) is 64.0 Å². The van der Waals surface area contributed by atoms with E-state index in [2.05, 4.69) is 43.8 Å². The Balaban J connectivity index is 1.55. The highest BCUT2D eigenvalue weighted by Gasteiger charge is 2.29. The number of rotatable bonds is 5. The first-order chi connectivity index (χ1) is 16.1.